The average molecular weight is 713 g/mol. The smallest absolute Gasteiger partial charge is 0.151 e. The molecule has 8 aromatic heterocycles. The van der Waals surface area contributed by atoms with Crippen LogP contribution in [-0.4, -0.2) is 56.1 Å². The maximum atomic E-state index is 15.7. The van der Waals surface area contributed by atoms with Crippen LogP contribution in [-0.2, 0) is 19.5 Å². The molecule has 53 heavy (non-hydrogen) atoms. The number of nitrogens with one attached hydrogen (secondary N) is 2. The van der Waals surface area contributed by atoms with Crippen LogP contribution in [0.2, 0.25) is 0 Å². The monoisotopic (exact) mass is 712 g/mol. The van der Waals surface area contributed by atoms with Crippen molar-refractivity contribution in [2.24, 2.45) is 0 Å². The molecular formula is C38H31F3N12. The molecule has 0 saturated heterocycles. The molecule has 0 bridgehead atoms. The highest BCUT2D eigenvalue weighted by Crippen LogP contribution is 2.30. The molecule has 8 heterocycles. The van der Waals surface area contributed by atoms with Gasteiger partial charge in [0.1, 0.15) is 40.1 Å². The predicted octanol–water partition coefficient (Wildman–Crippen LogP) is 7.68. The Morgan fingerprint density at radius 2 is 1.38 bits per heavy atom. The summed E-state index contributed by atoms with van der Waals surface area (Å²) >= 11 is 0. The van der Waals surface area contributed by atoms with Gasteiger partial charge in [-0.15, -0.1) is 0 Å². The highest BCUT2D eigenvalue weighted by Gasteiger charge is 2.16. The third kappa shape index (κ3) is 6.83. The zero-order valence-electron chi connectivity index (χ0n) is 28.6. The second kappa shape index (κ2) is 14.1. The number of halogens is 3. The summed E-state index contributed by atoms with van der Waals surface area (Å²) in [4.78, 5) is 26.4. The van der Waals surface area contributed by atoms with Gasteiger partial charge in [0, 0.05) is 54.1 Å². The van der Waals surface area contributed by atoms with Crippen molar-refractivity contribution in [3.05, 3.63) is 120 Å². The number of aromatic nitrogens is 10. The summed E-state index contributed by atoms with van der Waals surface area (Å²) < 4.78 is 46.6. The summed E-state index contributed by atoms with van der Waals surface area (Å²) in [6.07, 6.45) is 10.4. The van der Waals surface area contributed by atoms with Gasteiger partial charge in [0.2, 0.25) is 0 Å². The Morgan fingerprint density at radius 1 is 0.698 bits per heavy atom. The van der Waals surface area contributed by atoms with Crippen molar-refractivity contribution in [2.75, 3.05) is 17.3 Å². The second-order valence-electron chi connectivity index (χ2n) is 12.3. The van der Waals surface area contributed by atoms with Crippen molar-refractivity contribution in [3.8, 4) is 22.8 Å². The zero-order chi connectivity index (χ0) is 36.5. The maximum Gasteiger partial charge on any atom is 0.151 e. The molecular weight excluding hydrogens is 681 g/mol. The highest BCUT2D eigenvalue weighted by atomic mass is 19.1. The van der Waals surface area contributed by atoms with E-state index in [1.54, 1.807) is 83.7 Å². The molecule has 0 amide bonds. The van der Waals surface area contributed by atoms with E-state index in [2.05, 4.69) is 45.6 Å². The van der Waals surface area contributed by atoms with Crippen LogP contribution < -0.4 is 10.6 Å². The van der Waals surface area contributed by atoms with Crippen LogP contribution in [0.1, 0.15) is 17.0 Å². The van der Waals surface area contributed by atoms with Gasteiger partial charge < -0.3 is 10.6 Å². The quantitative estimate of drug-likeness (QED) is 0.137. The second-order valence-corrected chi connectivity index (χ2v) is 12.3. The van der Waals surface area contributed by atoms with Gasteiger partial charge in [-0.05, 0) is 80.4 Å². The van der Waals surface area contributed by atoms with E-state index in [9.17, 15) is 8.78 Å². The molecule has 0 radical (unpaired) electrons. The third-order valence-electron chi connectivity index (χ3n) is 8.71. The first-order chi connectivity index (χ1) is 25.8. The van der Waals surface area contributed by atoms with Crippen LogP contribution in [0.4, 0.5) is 35.9 Å². The van der Waals surface area contributed by atoms with Crippen molar-refractivity contribution in [3.63, 3.8) is 0 Å². The summed E-state index contributed by atoms with van der Waals surface area (Å²) in [5.74, 6) is -0.952. The first kappa shape index (κ1) is 33.4. The number of nitrogens with zero attached hydrogens (tertiary/aromatic N) is 10. The van der Waals surface area contributed by atoms with Crippen molar-refractivity contribution < 1.29 is 13.2 Å². The summed E-state index contributed by atoms with van der Waals surface area (Å²) in [6.45, 7) is 3.62. The lowest BCUT2D eigenvalue weighted by Crippen LogP contribution is -2.06. The molecule has 0 aliphatic rings. The lowest BCUT2D eigenvalue weighted by atomic mass is 10.1. The van der Waals surface area contributed by atoms with Crippen LogP contribution >= 0.6 is 0 Å². The summed E-state index contributed by atoms with van der Waals surface area (Å²) in [6, 6.07) is 15.1. The molecule has 0 atom stereocenters. The maximum absolute atomic E-state index is 15.7. The minimum absolute atomic E-state index is 0.100. The zero-order valence-corrected chi connectivity index (χ0v) is 28.6. The Morgan fingerprint density at radius 3 is 2.13 bits per heavy atom. The van der Waals surface area contributed by atoms with Gasteiger partial charge >= 0.3 is 0 Å². The molecule has 0 spiro atoms. The van der Waals surface area contributed by atoms with Gasteiger partial charge in [0.05, 0.1) is 41.7 Å². The molecule has 0 unspecified atom stereocenters. The van der Waals surface area contributed by atoms with Crippen molar-refractivity contribution in [1.29, 1.82) is 0 Å². The Balaban J connectivity index is 0.986. The van der Waals surface area contributed by atoms with Gasteiger partial charge in [0.15, 0.2) is 11.6 Å². The number of hydrogen-bond acceptors (Lipinski definition) is 10. The molecule has 0 aliphatic heterocycles. The number of hydrogen-bond donors (Lipinski definition) is 2. The lowest BCUT2D eigenvalue weighted by Gasteiger charge is -2.12. The summed E-state index contributed by atoms with van der Waals surface area (Å²) in [7, 11) is 0. The van der Waals surface area contributed by atoms with E-state index in [1.807, 2.05) is 19.2 Å². The number of pyridine rings is 6. The van der Waals surface area contributed by atoms with Gasteiger partial charge in [-0.1, -0.05) is 0 Å². The van der Waals surface area contributed by atoms with Gasteiger partial charge in [-0.25, -0.2) is 23.1 Å². The van der Waals surface area contributed by atoms with E-state index in [1.165, 1.54) is 12.1 Å². The largest absolute Gasteiger partial charge is 0.354 e. The fourth-order valence-electron chi connectivity index (χ4n) is 6.14. The van der Waals surface area contributed by atoms with Crippen LogP contribution in [0.15, 0.2) is 91.8 Å². The average Bonchev–Trinajstić information content (AvgIpc) is 3.78. The minimum atomic E-state index is -0.564. The molecule has 8 aromatic rings. The van der Waals surface area contributed by atoms with E-state index >= 15 is 4.39 Å². The van der Waals surface area contributed by atoms with E-state index < -0.39 is 18.3 Å². The van der Waals surface area contributed by atoms with Gasteiger partial charge in [0.25, 0.3) is 0 Å². The normalized spacial score (nSPS) is 11.4. The fraction of sp³-hybridized carbons (Fsp3) is 0.158. The Kier molecular flexibility index (Phi) is 8.88. The van der Waals surface area contributed by atoms with Crippen LogP contribution in [0.25, 0.3) is 44.8 Å². The van der Waals surface area contributed by atoms with E-state index in [0.29, 0.717) is 80.6 Å². The van der Waals surface area contributed by atoms with Crippen molar-refractivity contribution in [1.82, 2.24) is 49.5 Å². The number of alkyl halides is 1. The Labute approximate surface area is 300 Å². The molecule has 15 heteroatoms. The fourth-order valence-corrected chi connectivity index (χ4v) is 6.14. The molecule has 2 N–H and O–H groups in total. The van der Waals surface area contributed by atoms with E-state index in [0.717, 1.165) is 5.56 Å². The topological polar surface area (TPSA) is 137 Å². The number of anilines is 4. The Hall–Kier alpha value is -6.77. The molecule has 0 aliphatic carbocycles. The first-order valence-corrected chi connectivity index (χ1v) is 16.8. The van der Waals surface area contributed by atoms with Crippen molar-refractivity contribution in [2.45, 2.75) is 33.4 Å². The summed E-state index contributed by atoms with van der Waals surface area (Å²) in [5.41, 5.74) is 8.47. The predicted molar refractivity (Wildman–Crippen MR) is 196 cm³/mol. The molecule has 8 rings (SSSR count). The summed E-state index contributed by atoms with van der Waals surface area (Å²) in [5, 5.41) is 15.7. The number of rotatable bonds is 11. The minimum Gasteiger partial charge on any atom is -0.354 e. The Bertz CT molecular complexity index is 2620. The standard InChI is InChI=1S/C38H31F3N12/c1-22-3-4-27(40)35(47-22)31-18-25(5-11-42-31)49-29-7-13-45-34-21-52(51-37(29)34)15-9-24-17-28(41)36(48-23(24)2)32-19-26(6-12-43-32)50-30-8-14-44-33-20-46-53(16-10-39)38(30)33/h3-8,11-14,17-21H,9-10,15-16H2,1-2H3,(H,42,49)(H,43,44,50). The highest BCUT2D eigenvalue weighted by molar-refractivity contribution is 5.90. The van der Waals surface area contributed by atoms with Crippen molar-refractivity contribution >= 4 is 44.8 Å². The molecule has 0 fully saturated rings. The lowest BCUT2D eigenvalue weighted by molar-refractivity contribution is 0.433. The third-order valence-corrected chi connectivity index (χ3v) is 8.71. The van der Waals surface area contributed by atoms with Gasteiger partial charge in [-0.3, -0.25) is 29.3 Å². The first-order valence-electron chi connectivity index (χ1n) is 16.8. The SMILES string of the molecule is Cc1ccc(F)c(-c2cc(Nc3ccnc4cn(CCc5cc(F)c(-c6cc(Nc7ccnc8cnn(CCF)c78)ccn6)nc5C)nc34)ccn2)n1. The molecule has 0 saturated carbocycles. The molecule has 12 nitrogen and oxygen atoms in total. The van der Waals surface area contributed by atoms with E-state index in [4.69, 9.17) is 5.10 Å². The van der Waals surface area contributed by atoms with Gasteiger partial charge in [-0.2, -0.15) is 10.2 Å². The number of aryl methyl sites for hydroxylation is 5. The van der Waals surface area contributed by atoms with E-state index in [-0.39, 0.29) is 17.9 Å². The van der Waals surface area contributed by atoms with Crippen LogP contribution in [0.3, 0.4) is 0 Å². The van der Waals surface area contributed by atoms with Crippen LogP contribution in [0, 0.1) is 25.5 Å². The number of fused-ring (bicyclic) bond motifs is 2. The molecule has 264 valence electrons. The molecule has 0 aromatic carbocycles. The van der Waals surface area contributed by atoms with Crippen LogP contribution in [0.5, 0.6) is 0 Å².